The van der Waals surface area contributed by atoms with Crippen molar-refractivity contribution in [1.82, 2.24) is 0 Å². The van der Waals surface area contributed by atoms with Crippen LogP contribution in [0.4, 0.5) is 8.78 Å². The Morgan fingerprint density at radius 2 is 1.68 bits per heavy atom. The van der Waals surface area contributed by atoms with Crippen LogP contribution < -0.4 is 9.47 Å². The van der Waals surface area contributed by atoms with Crippen LogP contribution in [0.3, 0.4) is 0 Å². The summed E-state index contributed by atoms with van der Waals surface area (Å²) in [6.07, 6.45) is 16.0. The maximum atomic E-state index is 14.5. The van der Waals surface area contributed by atoms with Crippen LogP contribution in [0.1, 0.15) is 84.0 Å². The van der Waals surface area contributed by atoms with Gasteiger partial charge in [-0.05, 0) is 80.2 Å². The molecule has 3 fully saturated rings. The van der Waals surface area contributed by atoms with E-state index in [9.17, 15) is 13.6 Å². The molecule has 1 aromatic rings. The molecule has 188 valence electrons. The second-order valence-electron chi connectivity index (χ2n) is 10.8. The number of esters is 1. The van der Waals surface area contributed by atoms with Crippen LogP contribution in [0.15, 0.2) is 24.8 Å². The summed E-state index contributed by atoms with van der Waals surface area (Å²) in [5.41, 5.74) is 0. The highest BCUT2D eigenvalue weighted by molar-refractivity contribution is 5.75. The predicted molar refractivity (Wildman–Crippen MR) is 130 cm³/mol. The van der Waals surface area contributed by atoms with Crippen LogP contribution in [0, 0.1) is 47.1 Å². The Bertz CT molecular complexity index is 846. The SMILES string of the molecule is C=CCOc1ccc(OC(=O)C2CCCC3CC(C4CCC(CCC)CC4)CCC32)c(F)c1F. The molecular weight excluding hydrogens is 434 g/mol. The van der Waals surface area contributed by atoms with E-state index in [1.807, 2.05) is 0 Å². The van der Waals surface area contributed by atoms with Crippen LogP contribution in [0.25, 0.3) is 0 Å². The first kappa shape index (κ1) is 25.2. The number of carbonyl (C=O) groups excluding carboxylic acids is 1. The molecule has 3 nitrogen and oxygen atoms in total. The van der Waals surface area contributed by atoms with E-state index >= 15 is 0 Å². The minimum absolute atomic E-state index is 0.0712. The number of hydrogen-bond acceptors (Lipinski definition) is 3. The predicted octanol–water partition coefficient (Wildman–Crippen LogP) is 7.87. The van der Waals surface area contributed by atoms with Gasteiger partial charge in [0, 0.05) is 0 Å². The highest BCUT2D eigenvalue weighted by Crippen LogP contribution is 2.50. The van der Waals surface area contributed by atoms with Crippen molar-refractivity contribution >= 4 is 5.97 Å². The summed E-state index contributed by atoms with van der Waals surface area (Å²) in [6, 6.07) is 2.58. The molecule has 0 bridgehead atoms. The average Bonchev–Trinajstić information content (AvgIpc) is 2.86. The Labute approximate surface area is 203 Å². The van der Waals surface area contributed by atoms with Crippen molar-refractivity contribution in [2.45, 2.75) is 84.0 Å². The fourth-order valence-electron chi connectivity index (χ4n) is 7.11. The smallest absolute Gasteiger partial charge is 0.314 e. The zero-order valence-electron chi connectivity index (χ0n) is 20.6. The van der Waals surface area contributed by atoms with Gasteiger partial charge in [-0.3, -0.25) is 4.79 Å². The number of halogens is 2. The lowest BCUT2D eigenvalue weighted by Gasteiger charge is -2.46. The molecule has 0 heterocycles. The third-order valence-electron chi connectivity index (χ3n) is 8.83. The van der Waals surface area contributed by atoms with Crippen molar-refractivity contribution in [2.24, 2.45) is 35.5 Å². The molecule has 0 radical (unpaired) electrons. The maximum Gasteiger partial charge on any atom is 0.314 e. The summed E-state index contributed by atoms with van der Waals surface area (Å²) in [5, 5.41) is 0. The van der Waals surface area contributed by atoms with E-state index < -0.39 is 17.6 Å². The molecule has 0 aromatic heterocycles. The van der Waals surface area contributed by atoms with Crippen LogP contribution in [0.2, 0.25) is 0 Å². The standard InChI is InChI=1S/C29H40F2O3/c1-3-6-19-9-11-20(12-10-19)21-13-14-23-22(18-21)7-5-8-24(23)29(32)34-26-16-15-25(33-17-4-2)27(30)28(26)31/h4,15-16,19-24H,2-3,5-14,17-18H2,1H3. The molecule has 3 saturated carbocycles. The van der Waals surface area contributed by atoms with Gasteiger partial charge in [-0.15, -0.1) is 0 Å². The fraction of sp³-hybridized carbons (Fsp3) is 0.690. The first-order valence-electron chi connectivity index (χ1n) is 13.4. The highest BCUT2D eigenvalue weighted by Gasteiger charge is 2.43. The molecule has 3 aliphatic rings. The largest absolute Gasteiger partial charge is 0.486 e. The Balaban J connectivity index is 1.35. The summed E-state index contributed by atoms with van der Waals surface area (Å²) >= 11 is 0. The van der Waals surface area contributed by atoms with Crippen LogP contribution in [-0.2, 0) is 4.79 Å². The van der Waals surface area contributed by atoms with Gasteiger partial charge in [-0.2, -0.15) is 8.78 Å². The van der Waals surface area contributed by atoms with Crippen molar-refractivity contribution < 1.29 is 23.0 Å². The Kier molecular flexibility index (Phi) is 8.65. The summed E-state index contributed by atoms with van der Waals surface area (Å²) in [5.74, 6) is -0.0949. The number of rotatable bonds is 8. The lowest BCUT2D eigenvalue weighted by molar-refractivity contribution is -0.144. The fourth-order valence-corrected chi connectivity index (χ4v) is 7.11. The quantitative estimate of drug-likeness (QED) is 0.218. The van der Waals surface area contributed by atoms with Crippen LogP contribution in [-0.4, -0.2) is 12.6 Å². The van der Waals surface area contributed by atoms with Gasteiger partial charge in [-0.1, -0.05) is 58.1 Å². The molecule has 4 unspecified atom stereocenters. The van der Waals surface area contributed by atoms with Gasteiger partial charge in [-0.25, -0.2) is 0 Å². The van der Waals surface area contributed by atoms with Gasteiger partial charge >= 0.3 is 5.97 Å². The van der Waals surface area contributed by atoms with E-state index in [2.05, 4.69) is 13.5 Å². The zero-order valence-corrected chi connectivity index (χ0v) is 20.6. The van der Waals surface area contributed by atoms with Gasteiger partial charge in [0.05, 0.1) is 5.92 Å². The molecule has 0 aliphatic heterocycles. The van der Waals surface area contributed by atoms with Crippen LogP contribution in [0.5, 0.6) is 11.5 Å². The summed E-state index contributed by atoms with van der Waals surface area (Å²) in [6.45, 7) is 5.86. The van der Waals surface area contributed by atoms with Crippen molar-refractivity contribution in [3.63, 3.8) is 0 Å². The van der Waals surface area contributed by atoms with E-state index in [0.717, 1.165) is 37.0 Å². The second-order valence-corrected chi connectivity index (χ2v) is 10.8. The minimum Gasteiger partial charge on any atom is -0.486 e. The van der Waals surface area contributed by atoms with Crippen LogP contribution >= 0.6 is 0 Å². The third kappa shape index (κ3) is 5.66. The van der Waals surface area contributed by atoms with Gasteiger partial charge in [0.1, 0.15) is 6.61 Å². The molecule has 34 heavy (non-hydrogen) atoms. The zero-order chi connectivity index (χ0) is 24.1. The average molecular weight is 475 g/mol. The van der Waals surface area contributed by atoms with Gasteiger partial charge in [0.2, 0.25) is 11.6 Å². The molecule has 0 saturated heterocycles. The van der Waals surface area contributed by atoms with Crippen molar-refractivity contribution in [3.05, 3.63) is 36.4 Å². The first-order valence-corrected chi connectivity index (χ1v) is 13.4. The molecule has 5 heteroatoms. The molecule has 4 atom stereocenters. The normalized spacial score (nSPS) is 31.4. The number of fused-ring (bicyclic) bond motifs is 1. The van der Waals surface area contributed by atoms with Gasteiger partial charge in [0.15, 0.2) is 11.5 Å². The minimum atomic E-state index is -1.18. The molecule has 3 aliphatic carbocycles. The molecule has 0 amide bonds. The number of hydrogen-bond donors (Lipinski definition) is 0. The lowest BCUT2D eigenvalue weighted by Crippen LogP contribution is -2.40. The monoisotopic (exact) mass is 474 g/mol. The number of carbonyl (C=O) groups is 1. The molecule has 1 aromatic carbocycles. The van der Waals surface area contributed by atoms with E-state index in [0.29, 0.717) is 11.8 Å². The molecule has 4 rings (SSSR count). The van der Waals surface area contributed by atoms with E-state index in [-0.39, 0.29) is 24.0 Å². The van der Waals surface area contributed by atoms with E-state index in [4.69, 9.17) is 9.47 Å². The van der Waals surface area contributed by atoms with Crippen molar-refractivity contribution in [1.29, 1.82) is 0 Å². The third-order valence-corrected chi connectivity index (χ3v) is 8.83. The Hall–Kier alpha value is -1.91. The Morgan fingerprint density at radius 1 is 0.971 bits per heavy atom. The molecule has 0 N–H and O–H groups in total. The Morgan fingerprint density at radius 3 is 2.41 bits per heavy atom. The van der Waals surface area contributed by atoms with Crippen molar-refractivity contribution in [3.8, 4) is 11.5 Å². The summed E-state index contributed by atoms with van der Waals surface area (Å²) in [7, 11) is 0. The molecule has 0 spiro atoms. The van der Waals surface area contributed by atoms with Gasteiger partial charge < -0.3 is 9.47 Å². The maximum absolute atomic E-state index is 14.5. The van der Waals surface area contributed by atoms with E-state index in [1.54, 1.807) is 0 Å². The number of ether oxygens (including phenoxy) is 2. The summed E-state index contributed by atoms with van der Waals surface area (Å²) < 4.78 is 39.4. The van der Waals surface area contributed by atoms with Crippen molar-refractivity contribution in [2.75, 3.05) is 6.61 Å². The summed E-state index contributed by atoms with van der Waals surface area (Å²) in [4.78, 5) is 13.1. The second kappa shape index (κ2) is 11.7. The first-order chi connectivity index (χ1) is 16.5. The van der Waals surface area contributed by atoms with E-state index in [1.165, 1.54) is 76.0 Å². The molecular formula is C29H40F2O3. The highest BCUT2D eigenvalue weighted by atomic mass is 19.2. The topological polar surface area (TPSA) is 35.5 Å². The number of benzene rings is 1. The van der Waals surface area contributed by atoms with Gasteiger partial charge in [0.25, 0.3) is 0 Å². The lowest BCUT2D eigenvalue weighted by atomic mass is 9.59.